The van der Waals surface area contributed by atoms with E-state index in [2.05, 4.69) is 4.90 Å². The fraction of sp³-hybridized carbons (Fsp3) is 0.533. The largest absolute Gasteiger partial charge is 0.340 e. The second-order valence-electron chi connectivity index (χ2n) is 5.57. The molecule has 1 aromatic carbocycles. The molecule has 1 heterocycles. The summed E-state index contributed by atoms with van der Waals surface area (Å²) in [5.41, 5.74) is 6.57. The van der Waals surface area contributed by atoms with E-state index in [-0.39, 0.29) is 42.6 Å². The smallest absolute Gasteiger partial charge is 0.224 e. The average molecular weight is 387 g/mol. The van der Waals surface area contributed by atoms with Crippen molar-refractivity contribution in [2.45, 2.75) is 25.9 Å². The number of hydrogen-bond acceptors (Lipinski definition) is 3. The van der Waals surface area contributed by atoms with Crippen LogP contribution in [0.4, 0.5) is 4.39 Å². The highest BCUT2D eigenvalue weighted by Crippen LogP contribution is 2.19. The summed E-state index contributed by atoms with van der Waals surface area (Å²) >= 11 is 6.04. The van der Waals surface area contributed by atoms with Crippen molar-refractivity contribution < 1.29 is 9.18 Å². The lowest BCUT2D eigenvalue weighted by Gasteiger charge is -2.35. The van der Waals surface area contributed by atoms with Crippen LogP contribution in [0.15, 0.2) is 18.2 Å². The van der Waals surface area contributed by atoms with Gasteiger partial charge < -0.3 is 10.6 Å². The van der Waals surface area contributed by atoms with E-state index in [1.54, 1.807) is 6.07 Å². The van der Waals surface area contributed by atoms with Gasteiger partial charge in [-0.2, -0.15) is 0 Å². The lowest BCUT2D eigenvalue weighted by atomic mass is 10.1. The van der Waals surface area contributed by atoms with E-state index >= 15 is 0 Å². The molecular formula is C15H23Cl3FN3O. The molecule has 0 spiro atoms. The summed E-state index contributed by atoms with van der Waals surface area (Å²) in [4.78, 5) is 16.0. The van der Waals surface area contributed by atoms with Crippen LogP contribution in [0.1, 0.15) is 18.9 Å². The topological polar surface area (TPSA) is 49.6 Å². The summed E-state index contributed by atoms with van der Waals surface area (Å²) in [6.45, 7) is 5.49. The minimum Gasteiger partial charge on any atom is -0.340 e. The highest BCUT2D eigenvalue weighted by atomic mass is 35.5. The van der Waals surface area contributed by atoms with Gasteiger partial charge in [0.25, 0.3) is 0 Å². The molecule has 0 aromatic heterocycles. The van der Waals surface area contributed by atoms with Crippen LogP contribution in [0.2, 0.25) is 5.02 Å². The van der Waals surface area contributed by atoms with Crippen molar-refractivity contribution in [2.75, 3.05) is 26.2 Å². The van der Waals surface area contributed by atoms with Crippen molar-refractivity contribution in [3.8, 4) is 0 Å². The molecule has 2 rings (SSSR count). The van der Waals surface area contributed by atoms with Gasteiger partial charge >= 0.3 is 0 Å². The molecule has 0 radical (unpaired) electrons. The Balaban J connectivity index is 0.00000242. The summed E-state index contributed by atoms with van der Waals surface area (Å²) < 4.78 is 13.0. The van der Waals surface area contributed by atoms with Crippen LogP contribution >= 0.6 is 36.4 Å². The Morgan fingerprint density at radius 2 is 1.91 bits per heavy atom. The Kier molecular flexibility index (Phi) is 10.0. The van der Waals surface area contributed by atoms with Gasteiger partial charge in [-0.05, 0) is 24.6 Å². The Hall–Kier alpha value is -0.590. The van der Waals surface area contributed by atoms with Crippen LogP contribution in [-0.4, -0.2) is 47.9 Å². The first-order valence-corrected chi connectivity index (χ1v) is 7.53. The molecule has 8 heteroatoms. The van der Waals surface area contributed by atoms with Gasteiger partial charge in [0.15, 0.2) is 0 Å². The maximum atomic E-state index is 13.0. The number of carbonyl (C=O) groups excluding carboxylic acids is 1. The number of halogens is 4. The van der Waals surface area contributed by atoms with Crippen LogP contribution in [0.25, 0.3) is 0 Å². The van der Waals surface area contributed by atoms with E-state index in [4.69, 9.17) is 17.3 Å². The van der Waals surface area contributed by atoms with Gasteiger partial charge in [0, 0.05) is 50.2 Å². The summed E-state index contributed by atoms with van der Waals surface area (Å²) in [5.74, 6) is -0.209. The molecule has 4 nitrogen and oxygen atoms in total. The molecule has 0 bridgehead atoms. The van der Waals surface area contributed by atoms with Gasteiger partial charge in [-0.15, -0.1) is 24.8 Å². The van der Waals surface area contributed by atoms with Crippen molar-refractivity contribution in [2.24, 2.45) is 5.73 Å². The van der Waals surface area contributed by atoms with Crippen molar-refractivity contribution >= 4 is 42.3 Å². The zero-order chi connectivity index (χ0) is 15.4. The van der Waals surface area contributed by atoms with Crippen LogP contribution < -0.4 is 5.73 Å². The molecule has 1 atom stereocenters. The predicted octanol–water partition coefficient (Wildman–Crippen LogP) is 2.70. The molecule has 1 aliphatic rings. The monoisotopic (exact) mass is 385 g/mol. The molecule has 1 aliphatic heterocycles. The Labute approximate surface area is 154 Å². The van der Waals surface area contributed by atoms with Gasteiger partial charge in [0.05, 0.1) is 0 Å². The minimum atomic E-state index is -0.324. The number of amides is 1. The van der Waals surface area contributed by atoms with Crippen molar-refractivity contribution in [3.63, 3.8) is 0 Å². The maximum Gasteiger partial charge on any atom is 0.224 e. The van der Waals surface area contributed by atoms with E-state index in [0.29, 0.717) is 31.1 Å². The lowest BCUT2D eigenvalue weighted by molar-refractivity contribution is -0.133. The number of benzene rings is 1. The van der Waals surface area contributed by atoms with E-state index in [1.807, 2.05) is 11.8 Å². The maximum absolute atomic E-state index is 13.0. The van der Waals surface area contributed by atoms with Crippen molar-refractivity contribution in [3.05, 3.63) is 34.6 Å². The number of rotatable bonds is 4. The van der Waals surface area contributed by atoms with Crippen LogP contribution in [-0.2, 0) is 11.3 Å². The molecule has 1 aromatic rings. The molecular weight excluding hydrogens is 364 g/mol. The minimum absolute atomic E-state index is 0. The van der Waals surface area contributed by atoms with Crippen LogP contribution in [0, 0.1) is 5.82 Å². The van der Waals surface area contributed by atoms with Crippen molar-refractivity contribution in [1.82, 2.24) is 9.80 Å². The van der Waals surface area contributed by atoms with E-state index in [1.165, 1.54) is 12.1 Å². The Bertz CT molecular complexity index is 509. The molecule has 1 fully saturated rings. The highest BCUT2D eigenvalue weighted by Gasteiger charge is 2.22. The molecule has 1 amide bonds. The third kappa shape index (κ3) is 6.81. The molecule has 1 unspecified atom stereocenters. The van der Waals surface area contributed by atoms with Crippen molar-refractivity contribution in [1.29, 1.82) is 0 Å². The zero-order valence-corrected chi connectivity index (χ0v) is 15.4. The molecule has 1 saturated heterocycles. The van der Waals surface area contributed by atoms with Gasteiger partial charge in [0.2, 0.25) is 5.91 Å². The fourth-order valence-electron chi connectivity index (χ4n) is 2.45. The Morgan fingerprint density at radius 1 is 1.30 bits per heavy atom. The summed E-state index contributed by atoms with van der Waals surface area (Å²) in [7, 11) is 0. The first kappa shape index (κ1) is 22.4. The number of nitrogens with two attached hydrogens (primary N) is 1. The number of carbonyl (C=O) groups is 1. The van der Waals surface area contributed by atoms with Gasteiger partial charge in [-0.1, -0.05) is 17.7 Å². The first-order chi connectivity index (χ1) is 9.95. The lowest BCUT2D eigenvalue weighted by Crippen LogP contribution is -2.49. The molecule has 2 N–H and O–H groups in total. The fourth-order valence-corrected chi connectivity index (χ4v) is 2.68. The number of hydrogen-bond donors (Lipinski definition) is 1. The van der Waals surface area contributed by atoms with Gasteiger partial charge in [-0.3, -0.25) is 9.69 Å². The van der Waals surface area contributed by atoms with E-state index in [9.17, 15) is 9.18 Å². The van der Waals surface area contributed by atoms with E-state index < -0.39 is 0 Å². The number of nitrogens with zero attached hydrogens (tertiary/aromatic N) is 2. The highest BCUT2D eigenvalue weighted by molar-refractivity contribution is 6.31. The third-order valence-electron chi connectivity index (χ3n) is 3.63. The normalized spacial score (nSPS) is 16.3. The second kappa shape index (κ2) is 10.3. The Morgan fingerprint density at radius 3 is 2.43 bits per heavy atom. The van der Waals surface area contributed by atoms with Gasteiger partial charge in [-0.25, -0.2) is 4.39 Å². The van der Waals surface area contributed by atoms with Crippen LogP contribution in [0.5, 0.6) is 0 Å². The van der Waals surface area contributed by atoms with E-state index in [0.717, 1.165) is 18.7 Å². The number of piperazine rings is 1. The average Bonchev–Trinajstić information content (AvgIpc) is 2.42. The zero-order valence-electron chi connectivity index (χ0n) is 13.0. The molecule has 0 saturated carbocycles. The summed E-state index contributed by atoms with van der Waals surface area (Å²) in [5, 5.41) is 0.450. The molecule has 132 valence electrons. The quantitative estimate of drug-likeness (QED) is 0.865. The summed E-state index contributed by atoms with van der Waals surface area (Å²) in [6.07, 6.45) is 0.393. The standard InChI is InChI=1S/C15H21ClFN3O.2ClH/c1-11(18)8-15(21)20-6-4-19(5-7-20)10-12-2-3-13(17)9-14(12)16;;/h2-3,9,11H,4-8,10,18H2,1H3;2*1H. The summed E-state index contributed by atoms with van der Waals surface area (Å²) in [6, 6.07) is 4.36. The van der Waals surface area contributed by atoms with Gasteiger partial charge in [0.1, 0.15) is 5.82 Å². The second-order valence-corrected chi connectivity index (χ2v) is 5.98. The molecule has 23 heavy (non-hydrogen) atoms. The third-order valence-corrected chi connectivity index (χ3v) is 3.98. The molecule has 0 aliphatic carbocycles. The first-order valence-electron chi connectivity index (χ1n) is 7.15. The SMILES string of the molecule is CC(N)CC(=O)N1CCN(Cc2ccc(F)cc2Cl)CC1.Cl.Cl. The predicted molar refractivity (Wildman–Crippen MR) is 96.0 cm³/mol. The van der Waals surface area contributed by atoms with Crippen LogP contribution in [0.3, 0.4) is 0 Å².